The summed E-state index contributed by atoms with van der Waals surface area (Å²) in [5, 5.41) is 2.96. The Morgan fingerprint density at radius 1 is 1.19 bits per heavy atom. The van der Waals surface area contributed by atoms with Gasteiger partial charge in [0.15, 0.2) is 0 Å². The van der Waals surface area contributed by atoms with Crippen LogP contribution in [0.1, 0.15) is 40.7 Å². The van der Waals surface area contributed by atoms with Crippen LogP contribution in [-0.2, 0) is 0 Å². The molecule has 0 bridgehead atoms. The fourth-order valence-electron chi connectivity index (χ4n) is 2.40. The zero-order chi connectivity index (χ0) is 15.2. The minimum Gasteiger partial charge on any atom is -0.399 e. The van der Waals surface area contributed by atoms with Crippen molar-refractivity contribution in [3.05, 3.63) is 65.2 Å². The Morgan fingerprint density at radius 2 is 1.90 bits per heavy atom. The molecule has 0 aliphatic rings. The zero-order valence-corrected chi connectivity index (χ0v) is 12.6. The topological polar surface area (TPSA) is 55.1 Å². The minimum absolute atomic E-state index is 0.0642. The van der Waals surface area contributed by atoms with Crippen LogP contribution < -0.4 is 11.1 Å². The Hall–Kier alpha value is -2.29. The van der Waals surface area contributed by atoms with E-state index in [1.807, 2.05) is 37.3 Å². The molecule has 1 atom stereocenters. The van der Waals surface area contributed by atoms with Crippen molar-refractivity contribution in [2.75, 3.05) is 12.3 Å². The number of rotatable bonds is 5. The third-order valence-corrected chi connectivity index (χ3v) is 3.59. The van der Waals surface area contributed by atoms with Crippen LogP contribution >= 0.6 is 0 Å². The Labute approximate surface area is 126 Å². The maximum Gasteiger partial charge on any atom is 0.251 e. The van der Waals surface area contributed by atoms with Crippen molar-refractivity contribution in [2.24, 2.45) is 0 Å². The Morgan fingerprint density at radius 3 is 2.57 bits per heavy atom. The smallest absolute Gasteiger partial charge is 0.251 e. The SMILES string of the molecule is Cc1cc(N)cc(C(=O)NCCC(C)c2ccccc2)c1. The first-order chi connectivity index (χ1) is 10.1. The second-order valence-electron chi connectivity index (χ2n) is 5.49. The minimum atomic E-state index is -0.0642. The lowest BCUT2D eigenvalue weighted by atomic mass is 9.98. The lowest BCUT2D eigenvalue weighted by Gasteiger charge is -2.12. The lowest BCUT2D eigenvalue weighted by Crippen LogP contribution is -2.25. The van der Waals surface area contributed by atoms with E-state index in [0.717, 1.165) is 12.0 Å². The fourth-order valence-corrected chi connectivity index (χ4v) is 2.40. The first-order valence-electron chi connectivity index (χ1n) is 7.26. The van der Waals surface area contributed by atoms with Gasteiger partial charge < -0.3 is 11.1 Å². The van der Waals surface area contributed by atoms with Gasteiger partial charge in [-0.1, -0.05) is 37.3 Å². The van der Waals surface area contributed by atoms with Gasteiger partial charge in [0.2, 0.25) is 0 Å². The normalized spacial score (nSPS) is 11.9. The van der Waals surface area contributed by atoms with Gasteiger partial charge in [-0.05, 0) is 48.6 Å². The van der Waals surface area contributed by atoms with Gasteiger partial charge in [-0.3, -0.25) is 4.79 Å². The van der Waals surface area contributed by atoms with Gasteiger partial charge >= 0.3 is 0 Å². The van der Waals surface area contributed by atoms with E-state index in [1.165, 1.54) is 5.56 Å². The number of nitrogen functional groups attached to an aromatic ring is 1. The van der Waals surface area contributed by atoms with E-state index in [-0.39, 0.29) is 5.91 Å². The number of nitrogens with one attached hydrogen (secondary N) is 1. The molecule has 0 fully saturated rings. The van der Waals surface area contributed by atoms with Gasteiger partial charge in [0, 0.05) is 17.8 Å². The zero-order valence-electron chi connectivity index (χ0n) is 12.6. The van der Waals surface area contributed by atoms with Gasteiger partial charge in [-0.25, -0.2) is 0 Å². The van der Waals surface area contributed by atoms with Gasteiger partial charge in [-0.2, -0.15) is 0 Å². The summed E-state index contributed by atoms with van der Waals surface area (Å²) in [5.74, 6) is 0.361. The molecule has 21 heavy (non-hydrogen) atoms. The molecule has 0 saturated heterocycles. The lowest BCUT2D eigenvalue weighted by molar-refractivity contribution is 0.0952. The van der Waals surface area contributed by atoms with Crippen LogP contribution in [0.2, 0.25) is 0 Å². The number of amides is 1. The first-order valence-corrected chi connectivity index (χ1v) is 7.26. The number of carbonyl (C=O) groups excluding carboxylic acids is 1. The molecule has 0 aromatic heterocycles. The van der Waals surface area contributed by atoms with E-state index in [2.05, 4.69) is 24.4 Å². The monoisotopic (exact) mass is 282 g/mol. The van der Waals surface area contributed by atoms with Crippen molar-refractivity contribution in [2.45, 2.75) is 26.2 Å². The molecule has 2 aromatic carbocycles. The predicted molar refractivity (Wildman–Crippen MR) is 87.4 cm³/mol. The summed E-state index contributed by atoms with van der Waals surface area (Å²) in [7, 11) is 0. The molecule has 1 amide bonds. The molecule has 1 unspecified atom stereocenters. The third-order valence-electron chi connectivity index (χ3n) is 3.59. The van der Waals surface area contributed by atoms with Crippen molar-refractivity contribution in [3.63, 3.8) is 0 Å². The largest absolute Gasteiger partial charge is 0.399 e. The molecular formula is C18H22N2O. The second-order valence-corrected chi connectivity index (χ2v) is 5.49. The van der Waals surface area contributed by atoms with Crippen molar-refractivity contribution in [3.8, 4) is 0 Å². The molecule has 0 aliphatic carbocycles. The average molecular weight is 282 g/mol. The highest BCUT2D eigenvalue weighted by Gasteiger charge is 2.08. The van der Waals surface area contributed by atoms with E-state index in [4.69, 9.17) is 5.73 Å². The molecule has 2 aromatic rings. The summed E-state index contributed by atoms with van der Waals surface area (Å²) in [6.07, 6.45) is 0.914. The molecule has 0 heterocycles. The summed E-state index contributed by atoms with van der Waals surface area (Å²) in [6.45, 7) is 4.76. The number of anilines is 1. The van der Waals surface area contributed by atoms with Crippen LogP contribution in [0.25, 0.3) is 0 Å². The maximum atomic E-state index is 12.1. The van der Waals surface area contributed by atoms with Crippen LogP contribution in [0.5, 0.6) is 0 Å². The van der Waals surface area contributed by atoms with Crippen LogP contribution in [0.3, 0.4) is 0 Å². The van der Waals surface area contributed by atoms with E-state index in [9.17, 15) is 4.79 Å². The summed E-state index contributed by atoms with van der Waals surface area (Å²) in [4.78, 5) is 12.1. The van der Waals surface area contributed by atoms with Crippen LogP contribution in [0.15, 0.2) is 48.5 Å². The van der Waals surface area contributed by atoms with E-state index >= 15 is 0 Å². The molecular weight excluding hydrogens is 260 g/mol. The molecule has 2 rings (SSSR count). The number of aryl methyl sites for hydroxylation is 1. The standard InChI is InChI=1S/C18H22N2O/c1-13-10-16(12-17(19)11-13)18(21)20-9-8-14(2)15-6-4-3-5-7-15/h3-7,10-12,14H,8-9,19H2,1-2H3,(H,20,21). The fraction of sp³-hybridized carbons (Fsp3) is 0.278. The van der Waals surface area contributed by atoms with Crippen molar-refractivity contribution in [1.82, 2.24) is 5.32 Å². The average Bonchev–Trinajstić information content (AvgIpc) is 2.47. The Bertz CT molecular complexity index is 588. The molecule has 0 aliphatic heterocycles. The Kier molecular flexibility index (Phi) is 4.99. The quantitative estimate of drug-likeness (QED) is 0.825. The van der Waals surface area contributed by atoms with Crippen molar-refractivity contribution < 1.29 is 4.79 Å². The highest BCUT2D eigenvalue weighted by Crippen LogP contribution is 2.17. The Balaban J connectivity index is 1.87. The first kappa shape index (κ1) is 15.1. The highest BCUT2D eigenvalue weighted by atomic mass is 16.1. The summed E-state index contributed by atoms with van der Waals surface area (Å²) in [5.41, 5.74) is 9.31. The van der Waals surface area contributed by atoms with Gasteiger partial charge in [-0.15, -0.1) is 0 Å². The summed E-state index contributed by atoms with van der Waals surface area (Å²) < 4.78 is 0. The second kappa shape index (κ2) is 6.93. The third kappa shape index (κ3) is 4.35. The number of hydrogen-bond acceptors (Lipinski definition) is 2. The number of nitrogens with two attached hydrogens (primary N) is 1. The predicted octanol–water partition coefficient (Wildman–Crippen LogP) is 3.50. The van der Waals surface area contributed by atoms with Gasteiger partial charge in [0.25, 0.3) is 5.91 Å². The van der Waals surface area contributed by atoms with Gasteiger partial charge in [0.05, 0.1) is 0 Å². The highest BCUT2D eigenvalue weighted by molar-refractivity contribution is 5.95. The number of carbonyl (C=O) groups is 1. The molecule has 3 nitrogen and oxygen atoms in total. The van der Waals surface area contributed by atoms with Crippen molar-refractivity contribution in [1.29, 1.82) is 0 Å². The van der Waals surface area contributed by atoms with E-state index in [0.29, 0.717) is 23.7 Å². The van der Waals surface area contributed by atoms with Crippen molar-refractivity contribution >= 4 is 11.6 Å². The molecule has 0 saturated carbocycles. The molecule has 0 spiro atoms. The van der Waals surface area contributed by atoms with Crippen LogP contribution in [0, 0.1) is 6.92 Å². The number of benzene rings is 2. The number of hydrogen-bond donors (Lipinski definition) is 2. The molecule has 3 N–H and O–H groups in total. The summed E-state index contributed by atoms with van der Waals surface area (Å²) in [6, 6.07) is 15.8. The van der Waals surface area contributed by atoms with Gasteiger partial charge in [0.1, 0.15) is 0 Å². The molecule has 0 radical (unpaired) electrons. The summed E-state index contributed by atoms with van der Waals surface area (Å²) >= 11 is 0. The molecule has 3 heteroatoms. The van der Waals surface area contributed by atoms with Crippen LogP contribution in [0.4, 0.5) is 5.69 Å². The van der Waals surface area contributed by atoms with Crippen LogP contribution in [-0.4, -0.2) is 12.5 Å². The maximum absolute atomic E-state index is 12.1. The molecule has 110 valence electrons. The van der Waals surface area contributed by atoms with E-state index < -0.39 is 0 Å². The van der Waals surface area contributed by atoms with E-state index in [1.54, 1.807) is 6.07 Å².